The average molecular weight is 1170 g/mol. The highest BCUT2D eigenvalue weighted by atomic mass is 32.1. The van der Waals surface area contributed by atoms with Crippen LogP contribution in [0.2, 0.25) is 51.4 Å². The van der Waals surface area contributed by atoms with Crippen LogP contribution in [0.1, 0.15) is 24.0 Å². The summed E-state index contributed by atoms with van der Waals surface area (Å²) >= 11 is 1.18. The molecular formula is C70H66N8O4SSi2. The first-order valence-electron chi connectivity index (χ1n) is 29.0. The third kappa shape index (κ3) is 12.5. The molecule has 15 heteroatoms. The summed E-state index contributed by atoms with van der Waals surface area (Å²) in [6, 6.07) is 64.5. The van der Waals surface area contributed by atoms with Gasteiger partial charge >= 0.3 is 11.9 Å². The number of aryl methyl sites for hydroxylation is 2. The zero-order valence-electron chi connectivity index (χ0n) is 48.8. The number of hydrogen-bond donors (Lipinski definition) is 0. The van der Waals surface area contributed by atoms with Crippen molar-refractivity contribution in [2.75, 3.05) is 23.0 Å². The Morgan fingerprint density at radius 3 is 1.13 bits per heavy atom. The van der Waals surface area contributed by atoms with E-state index >= 15 is 0 Å². The van der Waals surface area contributed by atoms with Crippen molar-refractivity contribution in [1.29, 1.82) is 0 Å². The molecule has 0 amide bonds. The van der Waals surface area contributed by atoms with Crippen molar-refractivity contribution in [3.8, 4) is 22.3 Å². The summed E-state index contributed by atoms with van der Waals surface area (Å²) in [5, 5.41) is 1.71. The Bertz CT molecular complexity index is 4070. The third-order valence-corrected chi connectivity index (χ3v) is 19.3. The topological polar surface area (TPSA) is 135 Å². The number of carbonyl (C=O) groups is 2. The largest absolute Gasteiger partial charge is 0.466 e. The van der Waals surface area contributed by atoms with E-state index in [1.807, 2.05) is 60.7 Å². The smallest absolute Gasteiger partial charge is 0.306 e. The maximum absolute atomic E-state index is 12.7. The second kappa shape index (κ2) is 24.3. The lowest BCUT2D eigenvalue weighted by molar-refractivity contribution is -0.144. The second-order valence-electron chi connectivity index (χ2n) is 24.0. The molecule has 0 bridgehead atoms. The summed E-state index contributed by atoms with van der Waals surface area (Å²) in [7, 11) is -2.59. The highest BCUT2D eigenvalue weighted by Gasteiger charge is 2.28. The highest BCUT2D eigenvalue weighted by Crippen LogP contribution is 2.53. The third-order valence-electron chi connectivity index (χ3n) is 15.4. The minimum atomic E-state index is -1.30. The van der Waals surface area contributed by atoms with Gasteiger partial charge in [0.25, 0.3) is 0 Å². The number of benzene rings is 8. The lowest BCUT2D eigenvalue weighted by Gasteiger charge is -2.26. The molecule has 0 saturated carbocycles. The first kappa shape index (κ1) is 56.5. The zero-order chi connectivity index (χ0) is 58.7. The maximum atomic E-state index is 12.7. The lowest BCUT2D eigenvalue weighted by Crippen LogP contribution is -2.22. The van der Waals surface area contributed by atoms with Crippen molar-refractivity contribution in [3.63, 3.8) is 0 Å². The SMILES string of the molecule is C[Si](C)(C)CCOC(=O)CCc1ccc(N(c2ccccc2)c2ccc(-c3c4c(c(-c5ccc(N(c6ccccc6)c6ccc(CCC(=O)OCC[Si](C)(C)C)cc6)cc5)c5nc6c7cccnc7c7ncccc7c6nc35)N=S=N4)cc2)cc1. The number of aromatic nitrogens is 4. The van der Waals surface area contributed by atoms with Gasteiger partial charge in [0.15, 0.2) is 0 Å². The van der Waals surface area contributed by atoms with Gasteiger partial charge < -0.3 is 19.3 Å². The number of pyridine rings is 2. The molecule has 0 atom stereocenters. The number of para-hydroxylation sites is 2. The normalized spacial score (nSPS) is 12.2. The van der Waals surface area contributed by atoms with Crippen LogP contribution >= 0.6 is 0 Å². The molecule has 85 heavy (non-hydrogen) atoms. The molecule has 0 spiro atoms. The Morgan fingerprint density at radius 1 is 0.412 bits per heavy atom. The fourth-order valence-electron chi connectivity index (χ4n) is 10.8. The maximum Gasteiger partial charge on any atom is 0.306 e. The highest BCUT2D eigenvalue weighted by molar-refractivity contribution is 7.58. The van der Waals surface area contributed by atoms with E-state index in [1.165, 1.54) is 11.4 Å². The van der Waals surface area contributed by atoms with Crippen LogP contribution in [0.15, 0.2) is 203 Å². The predicted octanol–water partition coefficient (Wildman–Crippen LogP) is 18.5. The first-order valence-corrected chi connectivity index (χ1v) is 37.2. The van der Waals surface area contributed by atoms with Gasteiger partial charge in [-0.1, -0.05) is 124 Å². The van der Waals surface area contributed by atoms with Gasteiger partial charge in [-0.2, -0.15) is 8.73 Å². The van der Waals surface area contributed by atoms with Gasteiger partial charge in [0.2, 0.25) is 0 Å². The fourth-order valence-corrected chi connectivity index (χ4v) is 12.8. The lowest BCUT2D eigenvalue weighted by atomic mass is 9.92. The quantitative estimate of drug-likeness (QED) is 0.0314. The van der Waals surface area contributed by atoms with E-state index in [2.05, 4.69) is 170 Å². The molecule has 424 valence electrons. The second-order valence-corrected chi connectivity index (χ2v) is 35.7. The van der Waals surface area contributed by atoms with Crippen molar-refractivity contribution in [3.05, 3.63) is 206 Å². The molecule has 4 heterocycles. The molecule has 3 aromatic heterocycles. The summed E-state index contributed by atoms with van der Waals surface area (Å²) in [6.45, 7) is 14.7. The standard InChI is InChI=1S/C70H66N8O4SSi2/c1-84(2,3)45-43-81-59(79)39-25-47-21-31-53(32-22-47)77(51-15-9-7-10-16-51)55-35-27-49(28-36-55)61-67-68(74-66-58-20-14-42-72-64(58)63-57(65(66)73-67)19-13-41-71-63)62(70-69(61)75-83-76-70)50-29-37-56(38-30-50)78(52-17-11-8-12-18-52)54-33-23-48(24-34-54)26-40-60(80)82-44-46-85(4,5)6/h7-24,27-38,41-42H,25-26,39-40,43-46H2,1-6H3. The number of carbonyl (C=O) groups excluding carboxylic acids is 2. The molecule has 1 aliphatic heterocycles. The van der Waals surface area contributed by atoms with E-state index in [1.54, 1.807) is 12.4 Å². The molecule has 0 unspecified atom stereocenters. The van der Waals surface area contributed by atoms with Crippen LogP contribution in [0.3, 0.4) is 0 Å². The van der Waals surface area contributed by atoms with E-state index in [-0.39, 0.29) is 11.9 Å². The van der Waals surface area contributed by atoms with Gasteiger partial charge in [0, 0.05) is 97.4 Å². The fraction of sp³-hybridized carbons (Fsp3) is 0.200. The van der Waals surface area contributed by atoms with Gasteiger partial charge in [-0.25, -0.2) is 9.97 Å². The minimum Gasteiger partial charge on any atom is -0.466 e. The molecule has 0 saturated heterocycles. The summed E-state index contributed by atoms with van der Waals surface area (Å²) in [6.07, 6.45) is 5.48. The van der Waals surface area contributed by atoms with Crippen molar-refractivity contribution >= 4 is 129 Å². The molecule has 0 fully saturated rings. The van der Waals surface area contributed by atoms with Crippen molar-refractivity contribution < 1.29 is 19.1 Å². The molecule has 0 aliphatic carbocycles. The summed E-state index contributed by atoms with van der Waals surface area (Å²) in [4.78, 5) is 50.9. The van der Waals surface area contributed by atoms with E-state index < -0.39 is 16.1 Å². The summed E-state index contributed by atoms with van der Waals surface area (Å²) in [5.41, 5.74) is 17.3. The number of hydrogen-bond acceptors (Lipinski definition) is 12. The Morgan fingerprint density at radius 2 is 0.765 bits per heavy atom. The van der Waals surface area contributed by atoms with Gasteiger partial charge in [-0.3, -0.25) is 19.6 Å². The van der Waals surface area contributed by atoms with Crippen molar-refractivity contribution in [2.24, 2.45) is 8.73 Å². The van der Waals surface area contributed by atoms with Gasteiger partial charge in [0.05, 0.1) is 46.6 Å². The van der Waals surface area contributed by atoms with Gasteiger partial charge in [0.1, 0.15) is 22.4 Å². The van der Waals surface area contributed by atoms with Crippen LogP contribution in [0.25, 0.3) is 66.1 Å². The molecule has 0 radical (unpaired) electrons. The number of ether oxygens (including phenoxy) is 2. The zero-order valence-corrected chi connectivity index (χ0v) is 51.6. The summed E-state index contributed by atoms with van der Waals surface area (Å²) < 4.78 is 21.4. The summed E-state index contributed by atoms with van der Waals surface area (Å²) in [5.74, 6) is -0.310. The van der Waals surface area contributed by atoms with Crippen molar-refractivity contribution in [2.45, 2.75) is 77.1 Å². The number of anilines is 6. The molecule has 12 nitrogen and oxygen atoms in total. The Labute approximate surface area is 501 Å². The molecular weight excluding hydrogens is 1110 g/mol. The molecule has 12 rings (SSSR count). The number of fused-ring (bicyclic) bond motifs is 8. The monoisotopic (exact) mass is 1170 g/mol. The van der Waals surface area contributed by atoms with Crippen LogP contribution in [-0.2, 0) is 43.3 Å². The molecule has 0 N–H and O–H groups in total. The van der Waals surface area contributed by atoms with Gasteiger partial charge in [-0.15, -0.1) is 0 Å². The predicted molar refractivity (Wildman–Crippen MR) is 354 cm³/mol. The first-order chi connectivity index (χ1) is 41.2. The van der Waals surface area contributed by atoms with Crippen molar-refractivity contribution in [1.82, 2.24) is 19.9 Å². The van der Waals surface area contributed by atoms with E-state index in [0.717, 1.165) is 124 Å². The van der Waals surface area contributed by atoms with E-state index in [4.69, 9.17) is 38.1 Å². The number of rotatable bonds is 20. The van der Waals surface area contributed by atoms with Gasteiger partial charge in [-0.05, 0) is 144 Å². The Hall–Kier alpha value is -9.03. The molecule has 11 aromatic rings. The average Bonchev–Trinajstić information content (AvgIpc) is 2.47. The number of esters is 2. The molecule has 1 aliphatic rings. The molecule has 8 aromatic carbocycles. The Balaban J connectivity index is 0.924. The minimum absolute atomic E-state index is 0.155. The van der Waals surface area contributed by atoms with Crippen LogP contribution in [-0.4, -0.2) is 61.2 Å². The van der Waals surface area contributed by atoms with E-state index in [0.29, 0.717) is 49.9 Å². The number of nitrogens with zero attached hydrogens (tertiary/aromatic N) is 8. The van der Waals surface area contributed by atoms with Crippen LogP contribution in [0.5, 0.6) is 0 Å². The van der Waals surface area contributed by atoms with Crippen LogP contribution < -0.4 is 9.80 Å². The van der Waals surface area contributed by atoms with E-state index in [9.17, 15) is 9.59 Å². The van der Waals surface area contributed by atoms with Crippen LogP contribution in [0.4, 0.5) is 45.5 Å². The van der Waals surface area contributed by atoms with Crippen LogP contribution in [0, 0.1) is 0 Å². The Kier molecular flexibility index (Phi) is 16.1.